The van der Waals surface area contributed by atoms with E-state index in [2.05, 4.69) is 5.32 Å². The third-order valence-corrected chi connectivity index (χ3v) is 6.40. The van der Waals surface area contributed by atoms with Crippen molar-refractivity contribution in [1.82, 2.24) is 9.88 Å². The van der Waals surface area contributed by atoms with Gasteiger partial charge in [-0.25, -0.2) is 4.39 Å². The van der Waals surface area contributed by atoms with Crippen molar-refractivity contribution in [2.45, 2.75) is 20.8 Å². The van der Waals surface area contributed by atoms with Gasteiger partial charge in [0.2, 0.25) is 0 Å². The van der Waals surface area contributed by atoms with Crippen LogP contribution in [0.3, 0.4) is 0 Å². The Bertz CT molecular complexity index is 1400. The number of halogens is 1. The summed E-state index contributed by atoms with van der Waals surface area (Å²) >= 11 is 1.53. The highest BCUT2D eigenvalue weighted by molar-refractivity contribution is 7.99. The zero-order valence-electron chi connectivity index (χ0n) is 21.0. The summed E-state index contributed by atoms with van der Waals surface area (Å²) in [5, 5.41) is 3.31. The molecule has 2 aromatic carbocycles. The third-order valence-electron chi connectivity index (χ3n) is 5.65. The maximum absolute atomic E-state index is 13.5. The summed E-state index contributed by atoms with van der Waals surface area (Å²) in [4.78, 5) is 25.2. The minimum Gasteiger partial charge on any atom is -0.455 e. The fraction of sp³-hybridized carbons (Fsp3) is 0.259. The lowest BCUT2D eigenvalue weighted by Crippen LogP contribution is -2.19. The van der Waals surface area contributed by atoms with Gasteiger partial charge in [0.15, 0.2) is 0 Å². The van der Waals surface area contributed by atoms with Gasteiger partial charge >= 0.3 is 0 Å². The lowest BCUT2D eigenvalue weighted by Gasteiger charge is -2.20. The van der Waals surface area contributed by atoms with Crippen LogP contribution in [-0.4, -0.2) is 30.8 Å². The fourth-order valence-electron chi connectivity index (χ4n) is 3.90. The predicted octanol–water partition coefficient (Wildman–Crippen LogP) is 6.01. The SMILES string of the molecule is CC.CNC(=O)c1c(-c2ccc(F)cc2)oc2cc(N(C)SC)c(-c3cc(C)c(=O)n(C)c3)cc12. The standard InChI is InChI=1S/C25H24FN3O3S.C2H6/c1-14-10-16(13-28(3)25(14)31)18-11-19-21(12-20(18)29(4)33-5)32-23(22(19)24(30)27-2)15-6-8-17(26)9-7-15;1-2/h6-13H,1-5H3,(H,27,30);1-2H3. The molecule has 0 radical (unpaired) electrons. The number of carbonyl (C=O) groups excluding carboxylic acids is 1. The quantitative estimate of drug-likeness (QED) is 0.343. The van der Waals surface area contributed by atoms with Gasteiger partial charge in [-0.1, -0.05) is 25.8 Å². The minimum absolute atomic E-state index is 0.0624. The molecule has 2 heterocycles. The molecule has 4 rings (SSSR count). The van der Waals surface area contributed by atoms with E-state index >= 15 is 0 Å². The van der Waals surface area contributed by atoms with Gasteiger partial charge in [0, 0.05) is 67.3 Å². The van der Waals surface area contributed by atoms with Gasteiger partial charge in [-0.2, -0.15) is 0 Å². The zero-order chi connectivity index (χ0) is 25.9. The smallest absolute Gasteiger partial charge is 0.255 e. The van der Waals surface area contributed by atoms with Gasteiger partial charge in [-0.3, -0.25) is 9.59 Å². The van der Waals surface area contributed by atoms with Gasteiger partial charge in [-0.15, -0.1) is 0 Å². The molecule has 1 amide bonds. The van der Waals surface area contributed by atoms with Crippen molar-refractivity contribution in [3.8, 4) is 22.5 Å². The maximum Gasteiger partial charge on any atom is 0.255 e. The molecule has 0 bridgehead atoms. The molecule has 35 heavy (non-hydrogen) atoms. The molecular formula is C27H30FN3O3S. The van der Waals surface area contributed by atoms with Gasteiger partial charge in [0.25, 0.3) is 11.5 Å². The highest BCUT2D eigenvalue weighted by atomic mass is 32.2. The maximum atomic E-state index is 13.5. The van der Waals surface area contributed by atoms with Crippen LogP contribution in [0.15, 0.2) is 57.9 Å². The molecule has 184 valence electrons. The van der Waals surface area contributed by atoms with Crippen LogP contribution < -0.4 is 15.2 Å². The first-order chi connectivity index (χ1) is 16.7. The van der Waals surface area contributed by atoms with E-state index in [-0.39, 0.29) is 17.3 Å². The number of hydrogen-bond donors (Lipinski definition) is 1. The van der Waals surface area contributed by atoms with Crippen LogP contribution in [0.25, 0.3) is 33.4 Å². The molecule has 0 aliphatic rings. The Kier molecular flexibility index (Phi) is 8.07. The average molecular weight is 496 g/mol. The fourth-order valence-corrected chi connectivity index (χ4v) is 4.25. The van der Waals surface area contributed by atoms with Gasteiger partial charge in [0.05, 0.1) is 11.3 Å². The molecular weight excluding hydrogens is 465 g/mol. The van der Waals surface area contributed by atoms with Crippen molar-refractivity contribution in [1.29, 1.82) is 0 Å². The summed E-state index contributed by atoms with van der Waals surface area (Å²) in [5.74, 6) is -0.301. The molecule has 4 aromatic rings. The van der Waals surface area contributed by atoms with Crippen molar-refractivity contribution >= 4 is 34.5 Å². The number of amides is 1. The first kappa shape index (κ1) is 26.1. The van der Waals surface area contributed by atoms with Crippen LogP contribution in [0.1, 0.15) is 29.8 Å². The Balaban J connectivity index is 0.00000167. The number of pyridine rings is 1. The molecule has 0 spiro atoms. The Labute approximate surface area is 208 Å². The molecule has 1 N–H and O–H groups in total. The van der Waals surface area contributed by atoms with Crippen LogP contribution in [0, 0.1) is 12.7 Å². The Morgan fingerprint density at radius 2 is 1.77 bits per heavy atom. The van der Waals surface area contributed by atoms with Crippen LogP contribution in [0.5, 0.6) is 0 Å². The Morgan fingerprint density at radius 1 is 1.11 bits per heavy atom. The van der Waals surface area contributed by atoms with Crippen LogP contribution >= 0.6 is 11.9 Å². The van der Waals surface area contributed by atoms with Crippen LogP contribution in [-0.2, 0) is 7.05 Å². The number of carbonyl (C=O) groups is 1. The second-order valence-electron chi connectivity index (χ2n) is 7.77. The molecule has 2 aromatic heterocycles. The van der Waals surface area contributed by atoms with Crippen molar-refractivity contribution < 1.29 is 13.6 Å². The summed E-state index contributed by atoms with van der Waals surface area (Å²) < 4.78 is 23.2. The predicted molar refractivity (Wildman–Crippen MR) is 144 cm³/mol. The molecule has 0 atom stereocenters. The summed E-state index contributed by atoms with van der Waals surface area (Å²) in [6, 6.07) is 11.5. The first-order valence-corrected chi connectivity index (χ1v) is 12.5. The van der Waals surface area contributed by atoms with E-state index in [0.29, 0.717) is 33.4 Å². The summed E-state index contributed by atoms with van der Waals surface area (Å²) in [6.07, 6.45) is 3.75. The number of nitrogens with zero attached hydrogens (tertiary/aromatic N) is 2. The molecule has 8 heteroatoms. The van der Waals surface area contributed by atoms with Crippen LogP contribution in [0.4, 0.5) is 10.1 Å². The van der Waals surface area contributed by atoms with E-state index in [4.69, 9.17) is 4.42 Å². The lowest BCUT2D eigenvalue weighted by atomic mass is 9.98. The Hall–Kier alpha value is -3.52. The van der Waals surface area contributed by atoms with Crippen molar-refractivity contribution in [3.05, 3.63) is 76.0 Å². The van der Waals surface area contributed by atoms with E-state index in [1.807, 2.05) is 49.7 Å². The number of hydrogen-bond acceptors (Lipinski definition) is 5. The summed E-state index contributed by atoms with van der Waals surface area (Å²) in [6.45, 7) is 5.78. The first-order valence-electron chi connectivity index (χ1n) is 11.3. The molecule has 0 saturated carbocycles. The van der Waals surface area contributed by atoms with Crippen molar-refractivity contribution in [2.75, 3.05) is 24.7 Å². The van der Waals surface area contributed by atoms with Crippen LogP contribution in [0.2, 0.25) is 0 Å². The number of aryl methyl sites for hydroxylation is 2. The number of furan rings is 1. The number of aromatic nitrogens is 1. The van der Waals surface area contributed by atoms with Gasteiger partial charge < -0.3 is 18.6 Å². The Morgan fingerprint density at radius 3 is 2.34 bits per heavy atom. The van der Waals surface area contributed by atoms with E-state index in [1.54, 1.807) is 43.9 Å². The molecule has 0 fully saturated rings. The molecule has 0 saturated heterocycles. The lowest BCUT2D eigenvalue weighted by molar-refractivity contribution is 0.0964. The number of anilines is 1. The number of rotatable bonds is 5. The number of benzene rings is 2. The van der Waals surface area contributed by atoms with Crippen molar-refractivity contribution in [2.24, 2.45) is 7.05 Å². The highest BCUT2D eigenvalue weighted by Gasteiger charge is 2.24. The summed E-state index contributed by atoms with van der Waals surface area (Å²) in [5.41, 5.74) is 4.65. The zero-order valence-corrected chi connectivity index (χ0v) is 21.8. The highest BCUT2D eigenvalue weighted by Crippen LogP contribution is 2.41. The largest absolute Gasteiger partial charge is 0.455 e. The number of fused-ring (bicyclic) bond motifs is 1. The summed E-state index contributed by atoms with van der Waals surface area (Å²) in [7, 11) is 5.21. The normalized spacial score (nSPS) is 10.6. The topological polar surface area (TPSA) is 67.5 Å². The second kappa shape index (κ2) is 10.8. The average Bonchev–Trinajstić information content (AvgIpc) is 3.25. The van der Waals surface area contributed by atoms with Gasteiger partial charge in [0.1, 0.15) is 17.2 Å². The minimum atomic E-state index is -0.368. The molecule has 0 aliphatic heterocycles. The third kappa shape index (κ3) is 4.98. The molecule has 0 unspecified atom stereocenters. The monoisotopic (exact) mass is 495 g/mol. The van der Waals surface area contributed by atoms with E-state index in [9.17, 15) is 14.0 Å². The molecule has 0 aliphatic carbocycles. The van der Waals surface area contributed by atoms with E-state index in [0.717, 1.165) is 16.8 Å². The second-order valence-corrected chi connectivity index (χ2v) is 8.68. The van der Waals surface area contributed by atoms with E-state index in [1.165, 1.54) is 24.1 Å². The van der Waals surface area contributed by atoms with Crippen molar-refractivity contribution in [3.63, 3.8) is 0 Å². The van der Waals surface area contributed by atoms with E-state index < -0.39 is 0 Å². The number of nitrogens with one attached hydrogen (secondary N) is 1. The molecule has 6 nitrogen and oxygen atoms in total. The van der Waals surface area contributed by atoms with Gasteiger partial charge in [-0.05, 0) is 43.3 Å².